The SMILES string of the molecule is COc1cc(Nc2ncc3c(n2)C(c2cccnc2)(N(c2ccc(-n4cnc(C)c4)c(OC)c2)c2ncc4c(n2)C(c2ccccn2)CCC4)CCC3)ccc1-n1cnc(C)c1. The molecule has 1 N–H and O–H groups in total. The highest BCUT2D eigenvalue weighted by molar-refractivity contribution is 5.70. The molecule has 8 aromatic rings. The summed E-state index contributed by atoms with van der Waals surface area (Å²) in [6.45, 7) is 3.94. The molecule has 0 spiro atoms. The van der Waals surface area contributed by atoms with Crippen LogP contribution in [0.2, 0.25) is 0 Å². The summed E-state index contributed by atoms with van der Waals surface area (Å²) in [6, 6.07) is 22.4. The zero-order valence-electron chi connectivity index (χ0n) is 35.1. The fourth-order valence-electron chi connectivity index (χ4n) is 9.14. The van der Waals surface area contributed by atoms with Crippen molar-refractivity contribution >= 4 is 23.3 Å². The molecule has 310 valence electrons. The number of aromatic nitrogens is 10. The minimum Gasteiger partial charge on any atom is -0.494 e. The van der Waals surface area contributed by atoms with Crippen molar-refractivity contribution in [1.29, 1.82) is 0 Å². The number of nitrogens with one attached hydrogen (secondary N) is 1. The maximum Gasteiger partial charge on any atom is 0.231 e. The van der Waals surface area contributed by atoms with Gasteiger partial charge in [0.2, 0.25) is 11.9 Å². The molecule has 2 atom stereocenters. The molecular weight excluding hydrogens is 777 g/mol. The molecule has 2 aliphatic carbocycles. The number of rotatable bonds is 11. The van der Waals surface area contributed by atoms with Crippen LogP contribution in [0.5, 0.6) is 11.5 Å². The van der Waals surface area contributed by atoms with Crippen molar-refractivity contribution in [2.45, 2.75) is 63.8 Å². The van der Waals surface area contributed by atoms with Crippen LogP contribution in [0.15, 0.2) is 123 Å². The van der Waals surface area contributed by atoms with E-state index >= 15 is 0 Å². The van der Waals surface area contributed by atoms with Crippen LogP contribution in [0.1, 0.15) is 76.8 Å². The van der Waals surface area contributed by atoms with E-state index in [9.17, 15) is 0 Å². The largest absolute Gasteiger partial charge is 0.494 e. The first kappa shape index (κ1) is 38.7. The van der Waals surface area contributed by atoms with Crippen molar-refractivity contribution in [1.82, 2.24) is 49.0 Å². The fourth-order valence-corrected chi connectivity index (χ4v) is 9.14. The fraction of sp³-hybridized carbons (Fsp3) is 0.250. The lowest BCUT2D eigenvalue weighted by Crippen LogP contribution is -2.49. The summed E-state index contributed by atoms with van der Waals surface area (Å²) >= 11 is 0. The molecule has 0 saturated carbocycles. The molecule has 10 rings (SSSR count). The number of pyridine rings is 2. The number of methoxy groups -OCH3 is 2. The standard InChI is InChI=1S/C48H46N12O2/c1-31-27-58(29-53-31)40-17-15-36(22-42(40)61-3)55-46-51-25-34-11-8-19-48(45(34)57-46,35-12-9-20-49-26-35)60(37-16-18-41(43(23-37)62-4)59-28-32(2)54-30-59)47-52-24-33-10-7-13-38(44(33)56-47)39-14-5-6-21-50-39/h5-6,9,12,14-18,20-30,38H,7-8,10-11,13,19H2,1-4H3,(H,51,55,57). The van der Waals surface area contributed by atoms with Gasteiger partial charge in [0, 0.05) is 84.1 Å². The number of anilines is 4. The van der Waals surface area contributed by atoms with Gasteiger partial charge in [-0.3, -0.25) is 14.9 Å². The molecule has 2 aliphatic rings. The van der Waals surface area contributed by atoms with Crippen molar-refractivity contribution in [3.05, 3.63) is 168 Å². The Morgan fingerprint density at radius 3 is 2.19 bits per heavy atom. The Morgan fingerprint density at radius 1 is 0.726 bits per heavy atom. The summed E-state index contributed by atoms with van der Waals surface area (Å²) in [5.74, 6) is 2.35. The molecule has 0 fully saturated rings. The second kappa shape index (κ2) is 16.2. The molecule has 0 aliphatic heterocycles. The van der Waals surface area contributed by atoms with Crippen LogP contribution >= 0.6 is 0 Å². The van der Waals surface area contributed by atoms with Crippen molar-refractivity contribution in [2.24, 2.45) is 0 Å². The molecule has 0 saturated heterocycles. The summed E-state index contributed by atoms with van der Waals surface area (Å²) in [5.41, 5.74) is 10.2. The molecule has 6 aromatic heterocycles. The maximum atomic E-state index is 6.15. The third-order valence-corrected chi connectivity index (χ3v) is 12.0. The number of imidazole rings is 2. The van der Waals surface area contributed by atoms with Crippen LogP contribution in [0.25, 0.3) is 11.4 Å². The van der Waals surface area contributed by atoms with Crippen LogP contribution in [-0.4, -0.2) is 63.2 Å². The summed E-state index contributed by atoms with van der Waals surface area (Å²) < 4.78 is 15.9. The Bertz CT molecular complexity index is 2880. The topological polar surface area (TPSA) is 147 Å². The maximum absolute atomic E-state index is 6.15. The van der Waals surface area contributed by atoms with Crippen molar-refractivity contribution in [2.75, 3.05) is 24.4 Å². The first-order valence-electron chi connectivity index (χ1n) is 20.9. The minimum absolute atomic E-state index is 0.0252. The van der Waals surface area contributed by atoms with Gasteiger partial charge < -0.3 is 23.9 Å². The lowest BCUT2D eigenvalue weighted by molar-refractivity contribution is 0.405. The highest BCUT2D eigenvalue weighted by atomic mass is 16.5. The number of hydrogen-bond acceptors (Lipinski definition) is 12. The highest BCUT2D eigenvalue weighted by Crippen LogP contribution is 2.51. The molecule has 6 heterocycles. The van der Waals surface area contributed by atoms with E-state index in [1.54, 1.807) is 33.1 Å². The average Bonchev–Trinajstić information content (AvgIpc) is 3.96. The molecule has 14 nitrogen and oxygen atoms in total. The first-order valence-corrected chi connectivity index (χ1v) is 20.9. The average molecular weight is 823 g/mol. The molecule has 2 aromatic carbocycles. The number of fused-ring (bicyclic) bond motifs is 2. The monoisotopic (exact) mass is 822 g/mol. The number of aryl methyl sites for hydroxylation is 4. The quantitative estimate of drug-likeness (QED) is 0.133. The minimum atomic E-state index is -0.941. The van der Waals surface area contributed by atoms with Gasteiger partial charge in [-0.15, -0.1) is 0 Å². The third-order valence-electron chi connectivity index (χ3n) is 12.0. The van der Waals surface area contributed by atoms with Gasteiger partial charge in [-0.2, -0.15) is 0 Å². The molecule has 62 heavy (non-hydrogen) atoms. The summed E-state index contributed by atoms with van der Waals surface area (Å²) in [6.07, 6.45) is 22.3. The Morgan fingerprint density at radius 2 is 1.48 bits per heavy atom. The summed E-state index contributed by atoms with van der Waals surface area (Å²) in [4.78, 5) is 41.8. The van der Waals surface area contributed by atoms with Crippen molar-refractivity contribution in [3.8, 4) is 22.9 Å². The molecule has 0 radical (unpaired) electrons. The van der Waals surface area contributed by atoms with Crippen molar-refractivity contribution in [3.63, 3.8) is 0 Å². The Balaban J connectivity index is 1.17. The second-order valence-electron chi connectivity index (χ2n) is 15.9. The van der Waals surface area contributed by atoms with Crippen molar-refractivity contribution < 1.29 is 9.47 Å². The van der Waals surface area contributed by atoms with Crippen LogP contribution in [0.4, 0.5) is 23.3 Å². The zero-order valence-corrected chi connectivity index (χ0v) is 35.1. The number of benzene rings is 2. The van der Waals surface area contributed by atoms with Gasteiger partial charge in [0.05, 0.1) is 61.0 Å². The van der Waals surface area contributed by atoms with Crippen LogP contribution in [0, 0.1) is 13.8 Å². The van der Waals surface area contributed by atoms with E-state index in [0.29, 0.717) is 29.8 Å². The van der Waals surface area contributed by atoms with E-state index in [-0.39, 0.29) is 5.92 Å². The van der Waals surface area contributed by atoms with E-state index in [1.165, 1.54) is 0 Å². The van der Waals surface area contributed by atoms with Crippen LogP contribution in [0.3, 0.4) is 0 Å². The molecular formula is C48H46N12O2. The Labute approximate surface area is 359 Å². The van der Waals surface area contributed by atoms with E-state index in [4.69, 9.17) is 39.4 Å². The van der Waals surface area contributed by atoms with Gasteiger partial charge in [-0.05, 0) is 106 Å². The molecule has 0 bridgehead atoms. The second-order valence-corrected chi connectivity index (χ2v) is 15.9. The van der Waals surface area contributed by atoms with Gasteiger partial charge in [-0.1, -0.05) is 12.1 Å². The predicted molar refractivity (Wildman–Crippen MR) is 236 cm³/mol. The van der Waals surface area contributed by atoms with E-state index in [1.807, 2.05) is 96.6 Å². The zero-order chi connectivity index (χ0) is 42.2. The predicted octanol–water partition coefficient (Wildman–Crippen LogP) is 8.69. The molecule has 0 amide bonds. The summed E-state index contributed by atoms with van der Waals surface area (Å²) in [5, 5.41) is 3.50. The Kier molecular flexibility index (Phi) is 10.1. The highest BCUT2D eigenvalue weighted by Gasteiger charge is 2.48. The van der Waals surface area contributed by atoms with E-state index in [2.05, 4.69) is 50.5 Å². The van der Waals surface area contributed by atoms with Gasteiger partial charge >= 0.3 is 0 Å². The molecule has 14 heteroatoms. The van der Waals surface area contributed by atoms with E-state index < -0.39 is 5.54 Å². The van der Waals surface area contributed by atoms with Gasteiger partial charge in [0.15, 0.2) is 0 Å². The van der Waals surface area contributed by atoms with Gasteiger partial charge in [-0.25, -0.2) is 29.9 Å². The van der Waals surface area contributed by atoms with Crippen LogP contribution < -0.4 is 19.7 Å². The Hall–Kier alpha value is -7.48. The number of ether oxygens (including phenoxy) is 2. The normalized spacial score (nSPS) is 16.9. The molecule has 2 unspecified atom stereocenters. The van der Waals surface area contributed by atoms with E-state index in [0.717, 1.165) is 100 Å². The smallest absolute Gasteiger partial charge is 0.231 e. The summed E-state index contributed by atoms with van der Waals surface area (Å²) in [7, 11) is 3.36. The van der Waals surface area contributed by atoms with Gasteiger partial charge in [0.1, 0.15) is 17.0 Å². The lowest BCUT2D eigenvalue weighted by atomic mass is 9.74. The van der Waals surface area contributed by atoms with Crippen LogP contribution in [-0.2, 0) is 18.4 Å². The number of nitrogens with zero attached hydrogens (tertiary/aromatic N) is 11. The lowest BCUT2D eigenvalue weighted by Gasteiger charge is -2.47. The van der Waals surface area contributed by atoms with Gasteiger partial charge in [0.25, 0.3) is 0 Å². The first-order chi connectivity index (χ1) is 30.4. The number of hydrogen-bond donors (Lipinski definition) is 1. The third kappa shape index (κ3) is 6.96.